The summed E-state index contributed by atoms with van der Waals surface area (Å²) in [6.07, 6.45) is 0. The van der Waals surface area contributed by atoms with Crippen LogP contribution in [0, 0.1) is 0 Å². The summed E-state index contributed by atoms with van der Waals surface area (Å²) in [6, 6.07) is 21.8. The summed E-state index contributed by atoms with van der Waals surface area (Å²) in [6.45, 7) is 0. The van der Waals surface area contributed by atoms with Gasteiger partial charge in [0.25, 0.3) is 0 Å². The molecule has 6 rings (SSSR count). The van der Waals surface area contributed by atoms with Gasteiger partial charge in [-0.1, -0.05) is 36.4 Å². The number of phenols is 4. The van der Waals surface area contributed by atoms with Gasteiger partial charge in [0.2, 0.25) is 20.0 Å². The third-order valence-corrected chi connectivity index (χ3v) is 13.2. The fourth-order valence-electron chi connectivity index (χ4n) is 5.26. The summed E-state index contributed by atoms with van der Waals surface area (Å²) in [5.41, 5.74) is -0.328. The summed E-state index contributed by atoms with van der Waals surface area (Å²) in [7, 11) is -10.4. The van der Waals surface area contributed by atoms with E-state index in [4.69, 9.17) is 10.3 Å². The number of hydrogen-bond acceptors (Lipinski definition) is 16. The van der Waals surface area contributed by atoms with Crippen molar-refractivity contribution in [1.29, 1.82) is 0 Å². The minimum absolute atomic E-state index is 0. The molecule has 0 radical (unpaired) electrons. The molecule has 0 saturated heterocycles. The molecule has 0 amide bonds. The molecule has 334 valence electrons. The van der Waals surface area contributed by atoms with Gasteiger partial charge < -0.3 is 20.4 Å². The second-order valence-electron chi connectivity index (χ2n) is 13.2. The van der Waals surface area contributed by atoms with Gasteiger partial charge in [-0.3, -0.25) is 9.44 Å². The normalized spacial score (nSPS) is 12.2. The van der Waals surface area contributed by atoms with Crippen LogP contribution in [0.3, 0.4) is 0 Å². The van der Waals surface area contributed by atoms with Gasteiger partial charge in [0, 0.05) is 56.3 Å². The van der Waals surface area contributed by atoms with Gasteiger partial charge in [0.1, 0.15) is 45.7 Å². The van der Waals surface area contributed by atoms with Crippen molar-refractivity contribution in [1.82, 2.24) is 8.61 Å². The molecule has 22 nitrogen and oxygen atoms in total. The Labute approximate surface area is 400 Å². The molecule has 0 aromatic heterocycles. The number of azo groups is 2. The second-order valence-corrected chi connectivity index (χ2v) is 20.1. The minimum atomic E-state index is -4.05. The molecule has 0 aliphatic rings. The number of fused-ring (bicyclic) bond motifs is 2. The van der Waals surface area contributed by atoms with E-state index in [9.17, 15) is 54.1 Å². The van der Waals surface area contributed by atoms with Crippen LogP contribution in [0.1, 0.15) is 0 Å². The van der Waals surface area contributed by atoms with E-state index in [2.05, 4.69) is 29.9 Å². The van der Waals surface area contributed by atoms with Gasteiger partial charge in [-0.15, -0.1) is 20.5 Å². The molecule has 64 heavy (non-hydrogen) atoms. The number of benzene rings is 6. The number of phenolic OH excluding ortho intramolecular Hbond substituents is 4. The van der Waals surface area contributed by atoms with Crippen molar-refractivity contribution in [3.63, 3.8) is 0 Å². The molecule has 0 fully saturated rings. The van der Waals surface area contributed by atoms with Gasteiger partial charge in [-0.25, -0.2) is 27.1 Å². The quantitative estimate of drug-likeness (QED) is 0.0645. The van der Waals surface area contributed by atoms with E-state index >= 15 is 0 Å². The summed E-state index contributed by atoms with van der Waals surface area (Å²) < 4.78 is 102. The van der Waals surface area contributed by atoms with Crippen molar-refractivity contribution in [3.8, 4) is 23.0 Å². The largest absolute Gasteiger partial charge is 1.00 e. The van der Waals surface area contributed by atoms with Crippen LogP contribution < -0.4 is 49.3 Å². The Morgan fingerprint density at radius 1 is 0.484 bits per heavy atom. The molecular weight excluding hydrogens is 968 g/mol. The van der Waals surface area contributed by atoms with E-state index < -0.39 is 40.5 Å². The first kappa shape index (κ1) is 53.4. The molecule has 0 spiro atoms. The molecule has 10 N–H and O–H groups in total. The van der Waals surface area contributed by atoms with Crippen molar-refractivity contribution in [2.75, 3.05) is 37.6 Å². The number of nitrogens with zero attached hydrogens (tertiary/aromatic N) is 6. The number of nitrogens with one attached hydrogen (secondary N) is 2. The zero-order valence-electron chi connectivity index (χ0n) is 34.2. The first-order chi connectivity index (χ1) is 28.8. The Balaban J connectivity index is 0.000000330. The Morgan fingerprint density at radius 3 is 1.12 bits per heavy atom. The zero-order valence-corrected chi connectivity index (χ0v) is 40.7. The Bertz CT molecular complexity index is 3040. The minimum Gasteiger partial charge on any atom is -0.506 e. The number of nitrogens with two attached hydrogens (primary N) is 2. The average Bonchev–Trinajstić information content (AvgIpc) is 3.17. The van der Waals surface area contributed by atoms with Crippen LogP contribution in [0.15, 0.2) is 127 Å². The van der Waals surface area contributed by atoms with Crippen molar-refractivity contribution < 1.29 is 101 Å². The molecule has 0 unspecified atom stereocenters. The number of rotatable bonds is 12. The molecule has 0 saturated carbocycles. The predicted octanol–water partition coefficient (Wildman–Crippen LogP) is 2.07. The Morgan fingerprint density at radius 2 is 0.812 bits per heavy atom. The number of aromatic hydroxyl groups is 4. The standard InChI is InChI=1S/2C18H19N5O6S2.Cr.Na/c2*1-23(2)31(28,29)22-13-5-3-4-11-6-8-16(25)18(17(11)13)21-20-14-10-12(30(19,26)27)7-9-15(14)24;;/h2*3-10,22,24-25H,1-2H3,(H2,19,26,27);;/q;;;+1. The smallest absolute Gasteiger partial charge is 0.506 e. The zero-order chi connectivity index (χ0) is 45.9. The van der Waals surface area contributed by atoms with Crippen LogP contribution in [-0.4, -0.2) is 90.9 Å². The van der Waals surface area contributed by atoms with Gasteiger partial charge in [0.05, 0.1) is 21.2 Å². The van der Waals surface area contributed by atoms with E-state index in [1.165, 1.54) is 52.5 Å². The van der Waals surface area contributed by atoms with Gasteiger partial charge in [0.15, 0.2) is 0 Å². The summed E-state index contributed by atoms with van der Waals surface area (Å²) in [4.78, 5) is -0.582. The maximum absolute atomic E-state index is 12.3. The topological polar surface area (TPSA) is 349 Å². The molecule has 6 aromatic rings. The van der Waals surface area contributed by atoms with Crippen molar-refractivity contribution in [2.24, 2.45) is 30.7 Å². The second kappa shape index (κ2) is 20.9. The maximum Gasteiger partial charge on any atom is 1.00 e. The van der Waals surface area contributed by atoms with Gasteiger partial charge >= 0.3 is 50.0 Å². The first-order valence-corrected chi connectivity index (χ1v) is 23.2. The molecule has 0 bridgehead atoms. The van der Waals surface area contributed by atoms with Crippen LogP contribution in [0.2, 0.25) is 0 Å². The Kier molecular flexibility index (Phi) is 17.4. The van der Waals surface area contributed by atoms with E-state index in [1.54, 1.807) is 36.4 Å². The first-order valence-electron chi connectivity index (χ1n) is 17.2. The number of anilines is 2. The summed E-state index contributed by atoms with van der Waals surface area (Å²) in [5.74, 6) is -1.36. The summed E-state index contributed by atoms with van der Waals surface area (Å²) in [5, 5.41) is 68.0. The van der Waals surface area contributed by atoms with Crippen LogP contribution in [0.25, 0.3) is 21.5 Å². The molecule has 0 aliphatic heterocycles. The molecule has 0 aliphatic carbocycles. The van der Waals surface area contributed by atoms with Crippen LogP contribution >= 0.6 is 0 Å². The van der Waals surface area contributed by atoms with Crippen molar-refractivity contribution in [2.45, 2.75) is 9.79 Å². The number of hydrogen-bond donors (Lipinski definition) is 8. The molecule has 6 aromatic carbocycles. The third-order valence-electron chi connectivity index (χ3n) is 8.50. The Hall–Kier alpha value is -4.99. The fraction of sp³-hybridized carbons (Fsp3) is 0.111. The monoisotopic (exact) mass is 1010 g/mol. The fourth-order valence-corrected chi connectivity index (χ4v) is 7.59. The number of primary sulfonamides is 2. The van der Waals surface area contributed by atoms with E-state index in [1.807, 2.05) is 0 Å². The van der Waals surface area contributed by atoms with Crippen molar-refractivity contribution in [3.05, 3.63) is 97.1 Å². The SMILES string of the molecule is CN(C)S(=O)(=O)Nc1cccc2ccc(O)c(N=Nc3cc(S(N)(=O)=O)ccc3O)c12.CN(C)S(=O)(=O)Nc1cccc2ccc(O)c(N=Nc3cc(S(N)(=O)=O)ccc3O)c12.[Cr].[Na+]. The van der Waals surface area contributed by atoms with Gasteiger partial charge in [-0.2, -0.15) is 25.4 Å². The van der Waals surface area contributed by atoms with E-state index in [0.717, 1.165) is 45.0 Å². The van der Waals surface area contributed by atoms with Gasteiger partial charge in [-0.05, 0) is 71.4 Å². The van der Waals surface area contributed by atoms with Crippen LogP contribution in [0.4, 0.5) is 34.1 Å². The summed E-state index contributed by atoms with van der Waals surface area (Å²) >= 11 is 0. The molecule has 0 heterocycles. The van der Waals surface area contributed by atoms with Crippen molar-refractivity contribution >= 4 is 96.1 Å². The molecular formula is C36H38CrN10NaO12S4+. The molecule has 28 heteroatoms. The van der Waals surface area contributed by atoms with Crippen LogP contribution in [-0.2, 0) is 57.8 Å². The number of sulfonamides is 2. The van der Waals surface area contributed by atoms with Crippen LogP contribution in [0.5, 0.6) is 23.0 Å². The van der Waals surface area contributed by atoms with E-state index in [-0.39, 0.29) is 125 Å². The third kappa shape index (κ3) is 12.6. The van der Waals surface area contributed by atoms with E-state index in [0.29, 0.717) is 10.8 Å². The average molecular weight is 1010 g/mol. The molecule has 0 atom stereocenters. The predicted molar refractivity (Wildman–Crippen MR) is 231 cm³/mol. The maximum atomic E-state index is 12.3.